The highest BCUT2D eigenvalue weighted by molar-refractivity contribution is 6.31. The Hall–Kier alpha value is -2.70. The Morgan fingerprint density at radius 2 is 1.93 bits per heavy atom. The van der Waals surface area contributed by atoms with Gasteiger partial charge in [0.25, 0.3) is 0 Å². The second-order valence-corrected chi connectivity index (χ2v) is 6.54. The molecule has 0 fully saturated rings. The van der Waals surface area contributed by atoms with E-state index >= 15 is 0 Å². The van der Waals surface area contributed by atoms with E-state index in [0.717, 1.165) is 5.56 Å². The molecular weight excluding hydrogens is 383 g/mol. The molecule has 0 aromatic heterocycles. The molecule has 2 aromatic carbocycles. The van der Waals surface area contributed by atoms with Crippen LogP contribution in [0.15, 0.2) is 48.5 Å². The predicted octanol–water partition coefficient (Wildman–Crippen LogP) is 4.13. The van der Waals surface area contributed by atoms with Gasteiger partial charge in [0.2, 0.25) is 5.91 Å². The lowest BCUT2D eigenvalue weighted by Gasteiger charge is -2.17. The molecule has 0 radical (unpaired) electrons. The van der Waals surface area contributed by atoms with Crippen LogP contribution in [0.3, 0.4) is 0 Å². The van der Waals surface area contributed by atoms with Gasteiger partial charge < -0.3 is 10.1 Å². The summed E-state index contributed by atoms with van der Waals surface area (Å²) in [6.07, 6.45) is 2.98. The van der Waals surface area contributed by atoms with Crippen molar-refractivity contribution in [1.29, 1.82) is 0 Å². The van der Waals surface area contributed by atoms with E-state index in [-0.39, 0.29) is 19.0 Å². The number of anilines is 1. The van der Waals surface area contributed by atoms with Gasteiger partial charge in [0.05, 0.1) is 13.2 Å². The number of carbonyl (C=O) groups is 2. The van der Waals surface area contributed by atoms with E-state index in [1.165, 1.54) is 12.1 Å². The van der Waals surface area contributed by atoms with Gasteiger partial charge in [-0.2, -0.15) is 0 Å². The van der Waals surface area contributed by atoms with Crippen LogP contribution in [0.1, 0.15) is 18.1 Å². The first-order valence-corrected chi connectivity index (χ1v) is 9.13. The Morgan fingerprint density at radius 3 is 2.57 bits per heavy atom. The first kappa shape index (κ1) is 21.6. The minimum atomic E-state index is -0.405. The van der Waals surface area contributed by atoms with Gasteiger partial charge in [0, 0.05) is 28.9 Å². The third-order valence-corrected chi connectivity index (χ3v) is 4.15. The van der Waals surface area contributed by atoms with Gasteiger partial charge in [-0.3, -0.25) is 9.69 Å². The van der Waals surface area contributed by atoms with E-state index in [1.807, 2.05) is 0 Å². The Kier molecular flexibility index (Phi) is 8.17. The predicted molar refractivity (Wildman–Crippen MR) is 108 cm³/mol. The fraction of sp³-hybridized carbons (Fsp3) is 0.238. The van der Waals surface area contributed by atoms with E-state index in [4.69, 9.17) is 16.3 Å². The number of likely N-dealkylation sites (N-methyl/N-ethyl adjacent to an activating group) is 1. The Balaban J connectivity index is 1.88. The largest absolute Gasteiger partial charge is 0.463 e. The SMILES string of the molecule is CCOC(=O)/C=C/c1ccc(NC(=O)CN(C)Cc2c(F)cccc2Cl)cc1. The van der Waals surface area contributed by atoms with Gasteiger partial charge in [-0.15, -0.1) is 0 Å². The first-order chi connectivity index (χ1) is 13.4. The van der Waals surface area contributed by atoms with E-state index in [2.05, 4.69) is 5.32 Å². The molecule has 5 nitrogen and oxygen atoms in total. The molecule has 1 amide bonds. The molecule has 1 N–H and O–H groups in total. The Morgan fingerprint density at radius 1 is 1.21 bits per heavy atom. The fourth-order valence-corrected chi connectivity index (χ4v) is 2.71. The Bertz CT molecular complexity index is 833. The molecule has 7 heteroatoms. The summed E-state index contributed by atoms with van der Waals surface area (Å²) in [4.78, 5) is 25.2. The third-order valence-electron chi connectivity index (χ3n) is 3.80. The fourth-order valence-electron chi connectivity index (χ4n) is 2.49. The van der Waals surface area contributed by atoms with E-state index in [9.17, 15) is 14.0 Å². The number of nitrogens with one attached hydrogen (secondary N) is 1. The standard InChI is InChI=1S/C21H22ClFN2O3/c1-3-28-21(27)12-9-15-7-10-16(11-8-15)24-20(26)14-25(2)13-17-18(22)5-4-6-19(17)23/h4-12H,3,13-14H2,1-2H3,(H,24,26)/b12-9+. The minimum absolute atomic E-state index is 0.0785. The highest BCUT2D eigenvalue weighted by Gasteiger charge is 2.12. The van der Waals surface area contributed by atoms with Crippen LogP contribution in [0.5, 0.6) is 0 Å². The van der Waals surface area contributed by atoms with Crippen LogP contribution >= 0.6 is 11.6 Å². The minimum Gasteiger partial charge on any atom is -0.463 e. The average molecular weight is 405 g/mol. The number of hydrogen-bond donors (Lipinski definition) is 1. The van der Waals surface area contributed by atoms with E-state index < -0.39 is 11.8 Å². The number of rotatable bonds is 8. The summed E-state index contributed by atoms with van der Waals surface area (Å²) in [6.45, 7) is 2.36. The van der Waals surface area contributed by atoms with Gasteiger partial charge in [-0.25, -0.2) is 9.18 Å². The number of nitrogens with zero attached hydrogens (tertiary/aromatic N) is 1. The van der Waals surface area contributed by atoms with Crippen molar-refractivity contribution in [2.45, 2.75) is 13.5 Å². The number of benzene rings is 2. The molecule has 0 saturated carbocycles. The lowest BCUT2D eigenvalue weighted by atomic mass is 10.2. The van der Waals surface area contributed by atoms with Crippen molar-refractivity contribution in [3.63, 3.8) is 0 Å². The zero-order chi connectivity index (χ0) is 20.5. The number of hydrogen-bond acceptors (Lipinski definition) is 4. The van der Waals surface area contributed by atoms with Crippen molar-refractivity contribution < 1.29 is 18.7 Å². The van der Waals surface area contributed by atoms with Crippen LogP contribution in [0.2, 0.25) is 5.02 Å². The summed E-state index contributed by atoms with van der Waals surface area (Å²) in [7, 11) is 1.71. The lowest BCUT2D eigenvalue weighted by Crippen LogP contribution is -2.30. The first-order valence-electron chi connectivity index (χ1n) is 8.75. The van der Waals surface area contributed by atoms with Crippen LogP contribution < -0.4 is 5.32 Å². The van der Waals surface area contributed by atoms with Crippen molar-refractivity contribution in [1.82, 2.24) is 4.90 Å². The summed E-state index contributed by atoms with van der Waals surface area (Å²) in [6, 6.07) is 11.5. The van der Waals surface area contributed by atoms with Gasteiger partial charge >= 0.3 is 5.97 Å². The molecule has 0 unspecified atom stereocenters. The normalized spacial score (nSPS) is 11.0. The molecule has 2 rings (SSSR count). The Labute approximate surface area is 168 Å². The summed E-state index contributed by atoms with van der Waals surface area (Å²) in [5.41, 5.74) is 1.78. The van der Waals surface area contributed by atoms with Crippen LogP contribution in [0.4, 0.5) is 10.1 Å². The van der Waals surface area contributed by atoms with Crippen molar-refractivity contribution in [3.8, 4) is 0 Å². The zero-order valence-corrected chi connectivity index (χ0v) is 16.5. The number of amides is 1. The van der Waals surface area contributed by atoms with Crippen molar-refractivity contribution in [3.05, 3.63) is 70.5 Å². The number of halogens is 2. The third kappa shape index (κ3) is 6.79. The number of carbonyl (C=O) groups excluding carboxylic acids is 2. The molecule has 0 aliphatic heterocycles. The molecular formula is C21H22ClFN2O3. The number of esters is 1. The van der Waals surface area contributed by atoms with Gasteiger partial charge in [-0.1, -0.05) is 29.8 Å². The maximum atomic E-state index is 13.8. The van der Waals surface area contributed by atoms with E-state index in [0.29, 0.717) is 22.9 Å². The summed E-state index contributed by atoms with van der Waals surface area (Å²) in [5, 5.41) is 3.11. The van der Waals surface area contributed by atoms with Gasteiger partial charge in [0.1, 0.15) is 5.82 Å². The van der Waals surface area contributed by atoms with Crippen LogP contribution in [0, 0.1) is 5.82 Å². The van der Waals surface area contributed by atoms with Crippen LogP contribution in [-0.2, 0) is 20.9 Å². The van der Waals surface area contributed by atoms with Crippen LogP contribution in [0.25, 0.3) is 6.08 Å². The quantitative estimate of drug-likeness (QED) is 0.531. The molecule has 2 aromatic rings. The van der Waals surface area contributed by atoms with Crippen molar-refractivity contribution >= 4 is 35.2 Å². The lowest BCUT2D eigenvalue weighted by molar-refractivity contribution is -0.137. The number of ether oxygens (including phenoxy) is 1. The molecule has 0 heterocycles. The monoisotopic (exact) mass is 404 g/mol. The van der Waals surface area contributed by atoms with Gasteiger partial charge in [-0.05, 0) is 49.9 Å². The molecule has 0 aliphatic carbocycles. The second-order valence-electron chi connectivity index (χ2n) is 6.13. The molecule has 0 aliphatic rings. The summed E-state index contributed by atoms with van der Waals surface area (Å²) < 4.78 is 18.7. The topological polar surface area (TPSA) is 58.6 Å². The molecule has 0 spiro atoms. The van der Waals surface area contributed by atoms with E-state index in [1.54, 1.807) is 61.3 Å². The van der Waals surface area contributed by atoms with Crippen molar-refractivity contribution in [2.75, 3.05) is 25.5 Å². The van der Waals surface area contributed by atoms with Crippen LogP contribution in [-0.4, -0.2) is 37.0 Å². The maximum Gasteiger partial charge on any atom is 0.330 e. The molecule has 148 valence electrons. The van der Waals surface area contributed by atoms with Gasteiger partial charge in [0.15, 0.2) is 0 Å². The molecule has 0 bridgehead atoms. The van der Waals surface area contributed by atoms with Crippen molar-refractivity contribution in [2.24, 2.45) is 0 Å². The summed E-state index contributed by atoms with van der Waals surface area (Å²) in [5.74, 6) is -1.03. The highest BCUT2D eigenvalue weighted by atomic mass is 35.5. The summed E-state index contributed by atoms with van der Waals surface area (Å²) >= 11 is 6.02. The average Bonchev–Trinajstić information content (AvgIpc) is 2.64. The second kappa shape index (κ2) is 10.6. The zero-order valence-electron chi connectivity index (χ0n) is 15.7. The molecule has 0 saturated heterocycles. The highest BCUT2D eigenvalue weighted by Crippen LogP contribution is 2.20. The molecule has 28 heavy (non-hydrogen) atoms. The molecule has 0 atom stereocenters. The maximum absolute atomic E-state index is 13.8. The smallest absolute Gasteiger partial charge is 0.330 e.